The fourth-order valence-electron chi connectivity index (χ4n) is 3.97. The number of likely N-dealkylation sites (tertiary alicyclic amines) is 2. The molecule has 136 valence electrons. The molecule has 1 N–H and O–H groups in total. The van der Waals surface area contributed by atoms with Crippen LogP contribution < -0.4 is 5.32 Å². The van der Waals surface area contributed by atoms with E-state index in [-0.39, 0.29) is 5.91 Å². The molecule has 0 saturated carbocycles. The molecule has 0 spiro atoms. The maximum Gasteiger partial charge on any atom is 0.293 e. The van der Waals surface area contributed by atoms with Crippen LogP contribution in [0.2, 0.25) is 0 Å². The average Bonchev–Trinajstić information content (AvgIpc) is 3.08. The Labute approximate surface area is 147 Å². The molecule has 0 atom stereocenters. The molecule has 3 aliphatic rings. The normalized spacial score (nSPS) is 21.8. The summed E-state index contributed by atoms with van der Waals surface area (Å²) in [5.74, 6) is 1.72. The van der Waals surface area contributed by atoms with Crippen molar-refractivity contribution in [1.29, 1.82) is 0 Å². The Bertz CT molecular complexity index is 626. The van der Waals surface area contributed by atoms with E-state index in [9.17, 15) is 9.59 Å². The molecule has 4 heterocycles. The molecule has 8 heteroatoms. The van der Waals surface area contributed by atoms with E-state index in [1.807, 2.05) is 9.80 Å². The number of rotatable bonds is 3. The summed E-state index contributed by atoms with van der Waals surface area (Å²) in [5.41, 5.74) is 0. The summed E-state index contributed by atoms with van der Waals surface area (Å²) in [6, 6.07) is 0. The van der Waals surface area contributed by atoms with E-state index < -0.39 is 0 Å². The van der Waals surface area contributed by atoms with Crippen molar-refractivity contribution in [2.45, 2.75) is 45.1 Å². The number of hydrogen-bond donors (Lipinski definition) is 1. The largest absolute Gasteiger partial charge is 0.354 e. The Morgan fingerprint density at radius 1 is 1.12 bits per heavy atom. The van der Waals surface area contributed by atoms with Crippen LogP contribution in [0.15, 0.2) is 0 Å². The highest BCUT2D eigenvalue weighted by Crippen LogP contribution is 2.22. The van der Waals surface area contributed by atoms with Crippen LogP contribution in [0.5, 0.6) is 0 Å². The Kier molecular flexibility index (Phi) is 4.59. The molecule has 1 aromatic rings. The first-order valence-electron chi connectivity index (χ1n) is 9.46. The molecule has 0 unspecified atom stereocenters. The van der Waals surface area contributed by atoms with Gasteiger partial charge in [-0.2, -0.15) is 4.98 Å². The van der Waals surface area contributed by atoms with E-state index in [1.54, 1.807) is 4.68 Å². The Morgan fingerprint density at radius 3 is 2.72 bits per heavy atom. The fraction of sp³-hybridized carbons (Fsp3) is 0.765. The van der Waals surface area contributed by atoms with Gasteiger partial charge in [-0.3, -0.25) is 9.59 Å². The first-order valence-corrected chi connectivity index (χ1v) is 9.46. The topological polar surface area (TPSA) is 83.4 Å². The minimum absolute atomic E-state index is 0.0730. The lowest BCUT2D eigenvalue weighted by Gasteiger charge is -2.35. The second kappa shape index (κ2) is 7.01. The van der Waals surface area contributed by atoms with Gasteiger partial charge in [0, 0.05) is 45.7 Å². The lowest BCUT2D eigenvalue weighted by molar-refractivity contribution is -0.134. The van der Waals surface area contributed by atoms with Crippen molar-refractivity contribution in [3.05, 3.63) is 5.82 Å². The lowest BCUT2D eigenvalue weighted by Crippen LogP contribution is -2.44. The van der Waals surface area contributed by atoms with Crippen molar-refractivity contribution < 1.29 is 9.59 Å². The number of aromatic nitrogens is 3. The van der Waals surface area contributed by atoms with Crippen molar-refractivity contribution >= 4 is 17.8 Å². The van der Waals surface area contributed by atoms with Gasteiger partial charge in [0.25, 0.3) is 5.91 Å². The molecular weight excluding hydrogens is 320 g/mol. The first-order chi connectivity index (χ1) is 12.2. The number of hydrogen-bond acceptors (Lipinski definition) is 5. The Hall–Kier alpha value is -2.12. The number of nitrogens with one attached hydrogen (secondary N) is 1. The zero-order valence-electron chi connectivity index (χ0n) is 14.6. The van der Waals surface area contributed by atoms with Gasteiger partial charge in [0.15, 0.2) is 0 Å². The summed E-state index contributed by atoms with van der Waals surface area (Å²) in [5, 5.41) is 7.53. The van der Waals surface area contributed by atoms with E-state index in [1.165, 1.54) is 0 Å². The lowest BCUT2D eigenvalue weighted by atomic mass is 9.95. The van der Waals surface area contributed by atoms with Crippen LogP contribution in [-0.4, -0.2) is 69.1 Å². The van der Waals surface area contributed by atoms with Gasteiger partial charge in [-0.25, -0.2) is 4.68 Å². The van der Waals surface area contributed by atoms with Crippen LogP contribution in [0, 0.1) is 5.92 Å². The number of carbonyl (C=O) groups is 2. The van der Waals surface area contributed by atoms with Crippen molar-refractivity contribution in [3.63, 3.8) is 0 Å². The van der Waals surface area contributed by atoms with Crippen LogP contribution in [0.25, 0.3) is 0 Å². The molecule has 2 fully saturated rings. The molecule has 2 saturated heterocycles. The van der Waals surface area contributed by atoms with E-state index in [0.717, 1.165) is 71.4 Å². The van der Waals surface area contributed by atoms with Crippen LogP contribution >= 0.6 is 0 Å². The predicted octanol–water partition coefficient (Wildman–Crippen LogP) is 0.958. The Morgan fingerprint density at radius 2 is 1.96 bits per heavy atom. The number of aryl methyl sites for hydroxylation is 1. The predicted molar refractivity (Wildman–Crippen MR) is 92.2 cm³/mol. The summed E-state index contributed by atoms with van der Waals surface area (Å²) in [6.45, 7) is 4.89. The van der Waals surface area contributed by atoms with Crippen molar-refractivity contribution in [3.8, 4) is 0 Å². The highest BCUT2D eigenvalue weighted by molar-refractivity contribution is 5.90. The van der Waals surface area contributed by atoms with Gasteiger partial charge in [0.05, 0.1) is 0 Å². The van der Waals surface area contributed by atoms with Gasteiger partial charge in [-0.15, -0.1) is 5.10 Å². The maximum atomic E-state index is 12.7. The molecule has 1 aromatic heterocycles. The molecule has 25 heavy (non-hydrogen) atoms. The summed E-state index contributed by atoms with van der Waals surface area (Å²) in [7, 11) is 0. The standard InChI is InChI=1S/C17H26N6O2/c24-14-4-1-2-8-22(14)12-13-5-10-21(11-6-13)16(25)15-19-17-18-7-3-9-23(17)20-15/h13H,1-12H2,(H,18,19,20). The summed E-state index contributed by atoms with van der Waals surface area (Å²) in [4.78, 5) is 32.8. The van der Waals surface area contributed by atoms with E-state index in [4.69, 9.17) is 0 Å². The third-order valence-corrected chi connectivity index (χ3v) is 5.49. The van der Waals surface area contributed by atoms with E-state index in [0.29, 0.717) is 30.0 Å². The third-order valence-electron chi connectivity index (χ3n) is 5.49. The zero-order valence-corrected chi connectivity index (χ0v) is 14.6. The molecule has 8 nitrogen and oxygen atoms in total. The molecule has 0 aromatic carbocycles. The van der Waals surface area contributed by atoms with Gasteiger partial charge in [-0.1, -0.05) is 0 Å². The highest BCUT2D eigenvalue weighted by Gasteiger charge is 2.29. The fourth-order valence-corrected chi connectivity index (χ4v) is 3.97. The van der Waals surface area contributed by atoms with Crippen molar-refractivity contribution in [2.24, 2.45) is 5.92 Å². The minimum atomic E-state index is -0.0730. The number of nitrogens with zero attached hydrogens (tertiary/aromatic N) is 5. The minimum Gasteiger partial charge on any atom is -0.354 e. The van der Waals surface area contributed by atoms with Gasteiger partial charge in [0.2, 0.25) is 17.7 Å². The summed E-state index contributed by atoms with van der Waals surface area (Å²) < 4.78 is 1.78. The first kappa shape index (κ1) is 16.4. The van der Waals surface area contributed by atoms with Crippen LogP contribution in [-0.2, 0) is 11.3 Å². The molecular formula is C17H26N6O2. The monoisotopic (exact) mass is 346 g/mol. The SMILES string of the molecule is O=C1CCCCN1CC1CCN(C(=O)c2nc3n(n2)CCCN3)CC1. The molecule has 0 radical (unpaired) electrons. The zero-order chi connectivity index (χ0) is 17.2. The van der Waals surface area contributed by atoms with Gasteiger partial charge in [0.1, 0.15) is 0 Å². The molecule has 2 amide bonds. The average molecular weight is 346 g/mol. The second-order valence-electron chi connectivity index (χ2n) is 7.29. The molecule has 0 bridgehead atoms. The summed E-state index contributed by atoms with van der Waals surface area (Å²) in [6.07, 6.45) is 5.74. The van der Waals surface area contributed by atoms with Crippen LogP contribution in [0.3, 0.4) is 0 Å². The maximum absolute atomic E-state index is 12.7. The van der Waals surface area contributed by atoms with Crippen molar-refractivity contribution in [2.75, 3.05) is 38.0 Å². The Balaban J connectivity index is 1.31. The molecule has 4 rings (SSSR count). The van der Waals surface area contributed by atoms with Crippen molar-refractivity contribution in [1.82, 2.24) is 24.6 Å². The van der Waals surface area contributed by atoms with Gasteiger partial charge in [-0.05, 0) is 38.0 Å². The number of anilines is 1. The van der Waals surface area contributed by atoms with Gasteiger partial charge >= 0.3 is 0 Å². The molecule has 3 aliphatic heterocycles. The summed E-state index contributed by atoms with van der Waals surface area (Å²) >= 11 is 0. The highest BCUT2D eigenvalue weighted by atomic mass is 16.2. The quantitative estimate of drug-likeness (QED) is 0.881. The smallest absolute Gasteiger partial charge is 0.293 e. The third kappa shape index (κ3) is 3.48. The second-order valence-corrected chi connectivity index (χ2v) is 7.29. The molecule has 0 aliphatic carbocycles. The van der Waals surface area contributed by atoms with Crippen LogP contribution in [0.4, 0.5) is 5.95 Å². The van der Waals surface area contributed by atoms with Gasteiger partial charge < -0.3 is 15.1 Å². The number of amides is 2. The number of carbonyl (C=O) groups excluding carboxylic acids is 2. The number of fused-ring (bicyclic) bond motifs is 1. The van der Waals surface area contributed by atoms with Crippen LogP contribution in [0.1, 0.15) is 49.1 Å². The van der Waals surface area contributed by atoms with E-state index in [2.05, 4.69) is 15.4 Å². The number of piperidine rings is 2. The van der Waals surface area contributed by atoms with E-state index >= 15 is 0 Å².